The number of hydrogen-bond donors (Lipinski definition) is 0. The second-order valence-electron chi connectivity index (χ2n) is 8.90. The number of rotatable bonds is 6. The zero-order chi connectivity index (χ0) is 19.5. The van der Waals surface area contributed by atoms with Crippen LogP contribution in [0.2, 0.25) is 0 Å². The smallest absolute Gasteiger partial charge is 0.347 e. The number of hydrogen-bond acceptors (Lipinski definition) is 6. The van der Waals surface area contributed by atoms with Gasteiger partial charge in [-0.25, -0.2) is 4.79 Å². The Morgan fingerprint density at radius 2 is 1.76 bits per heavy atom. The summed E-state index contributed by atoms with van der Waals surface area (Å²) in [6, 6.07) is 0. The van der Waals surface area contributed by atoms with Crippen LogP contribution in [0.15, 0.2) is 0 Å². The Balaban J connectivity index is 3.23. The minimum absolute atomic E-state index is 0.0811. The second-order valence-corrected chi connectivity index (χ2v) is 8.90. The molecule has 2 atom stereocenters. The van der Waals surface area contributed by atoms with Gasteiger partial charge in [-0.3, -0.25) is 9.59 Å². The molecule has 1 aliphatic rings. The summed E-state index contributed by atoms with van der Waals surface area (Å²) in [5.41, 5.74) is -1.89. The van der Waals surface area contributed by atoms with Crippen molar-refractivity contribution in [1.82, 2.24) is 0 Å². The fraction of sp³-hybridized carbons (Fsp3) is 0.842. The van der Waals surface area contributed by atoms with Crippen LogP contribution in [0.25, 0.3) is 0 Å². The van der Waals surface area contributed by atoms with Crippen LogP contribution < -0.4 is 0 Å². The van der Waals surface area contributed by atoms with Gasteiger partial charge in [0, 0.05) is 6.42 Å². The van der Waals surface area contributed by atoms with E-state index in [2.05, 4.69) is 0 Å². The molecule has 1 saturated heterocycles. The Morgan fingerprint density at radius 3 is 2.16 bits per heavy atom. The fourth-order valence-corrected chi connectivity index (χ4v) is 3.23. The minimum Gasteiger partial charge on any atom is -0.466 e. The quantitative estimate of drug-likeness (QED) is 0.537. The largest absolute Gasteiger partial charge is 0.466 e. The standard InChI is InChI=1S/C19H32O6/c1-8-23-14(20)11-19(18(5,6)7,12-17(2,3)4)16(22)25-13-9-10-24-15(13)21/h13H,8-12H2,1-7H3. The first-order chi connectivity index (χ1) is 11.3. The van der Waals surface area contributed by atoms with Gasteiger partial charge < -0.3 is 14.2 Å². The molecular formula is C19H32O6. The highest BCUT2D eigenvalue weighted by atomic mass is 16.6. The molecule has 2 unspecified atom stereocenters. The predicted octanol–water partition coefficient (Wildman–Crippen LogP) is 3.27. The van der Waals surface area contributed by atoms with Crippen molar-refractivity contribution in [2.75, 3.05) is 13.2 Å². The summed E-state index contributed by atoms with van der Waals surface area (Å²) in [7, 11) is 0. The summed E-state index contributed by atoms with van der Waals surface area (Å²) in [5.74, 6) is -1.50. The van der Waals surface area contributed by atoms with Crippen molar-refractivity contribution in [3.8, 4) is 0 Å². The molecule has 0 radical (unpaired) electrons. The summed E-state index contributed by atoms with van der Waals surface area (Å²) in [4.78, 5) is 37.2. The first-order valence-corrected chi connectivity index (χ1v) is 8.86. The molecule has 0 aromatic heterocycles. The molecule has 1 aliphatic heterocycles. The van der Waals surface area contributed by atoms with E-state index in [0.29, 0.717) is 12.8 Å². The third kappa shape index (κ3) is 5.44. The van der Waals surface area contributed by atoms with Crippen LogP contribution in [-0.4, -0.2) is 37.2 Å². The van der Waals surface area contributed by atoms with Gasteiger partial charge in [0.25, 0.3) is 0 Å². The minimum atomic E-state index is -1.10. The lowest BCUT2D eigenvalue weighted by molar-refractivity contribution is -0.181. The molecule has 0 spiro atoms. The molecule has 0 bridgehead atoms. The topological polar surface area (TPSA) is 78.9 Å². The third-order valence-electron chi connectivity index (χ3n) is 4.55. The first-order valence-electron chi connectivity index (χ1n) is 8.86. The molecule has 0 N–H and O–H groups in total. The van der Waals surface area contributed by atoms with Gasteiger partial charge in [-0.2, -0.15) is 0 Å². The predicted molar refractivity (Wildman–Crippen MR) is 92.7 cm³/mol. The molecular weight excluding hydrogens is 324 g/mol. The van der Waals surface area contributed by atoms with E-state index in [9.17, 15) is 14.4 Å². The molecule has 6 heteroatoms. The molecule has 1 heterocycles. The number of esters is 3. The SMILES string of the molecule is CCOC(=O)CC(CC(C)(C)C)(C(=O)OC1CCOC1=O)C(C)(C)C. The molecule has 25 heavy (non-hydrogen) atoms. The van der Waals surface area contributed by atoms with E-state index in [-0.39, 0.29) is 25.0 Å². The molecule has 1 rings (SSSR count). The Morgan fingerprint density at radius 1 is 1.16 bits per heavy atom. The molecule has 1 fully saturated rings. The van der Waals surface area contributed by atoms with Gasteiger partial charge in [0.15, 0.2) is 0 Å². The second kappa shape index (κ2) is 7.75. The Kier molecular flexibility index (Phi) is 6.65. The zero-order valence-electron chi connectivity index (χ0n) is 16.6. The monoisotopic (exact) mass is 356 g/mol. The van der Waals surface area contributed by atoms with Gasteiger partial charge in [0.1, 0.15) is 0 Å². The Labute approximate surface area is 150 Å². The van der Waals surface area contributed by atoms with Crippen LogP contribution in [0.1, 0.15) is 67.7 Å². The van der Waals surface area contributed by atoms with Gasteiger partial charge in [-0.1, -0.05) is 41.5 Å². The number of cyclic esters (lactones) is 1. The molecule has 0 aromatic carbocycles. The molecule has 6 nitrogen and oxygen atoms in total. The highest BCUT2D eigenvalue weighted by Crippen LogP contribution is 2.50. The number of carbonyl (C=O) groups is 3. The zero-order valence-corrected chi connectivity index (χ0v) is 16.6. The molecule has 0 amide bonds. The van der Waals surface area contributed by atoms with Crippen molar-refractivity contribution in [3.63, 3.8) is 0 Å². The average Bonchev–Trinajstić information content (AvgIpc) is 2.80. The van der Waals surface area contributed by atoms with Crippen molar-refractivity contribution in [2.45, 2.75) is 73.8 Å². The van der Waals surface area contributed by atoms with Crippen LogP contribution in [0, 0.1) is 16.2 Å². The van der Waals surface area contributed by atoms with Crippen LogP contribution in [0.5, 0.6) is 0 Å². The van der Waals surface area contributed by atoms with Gasteiger partial charge >= 0.3 is 17.9 Å². The van der Waals surface area contributed by atoms with Crippen LogP contribution in [-0.2, 0) is 28.6 Å². The van der Waals surface area contributed by atoms with E-state index in [1.165, 1.54) is 0 Å². The lowest BCUT2D eigenvalue weighted by Gasteiger charge is -2.45. The van der Waals surface area contributed by atoms with Crippen molar-refractivity contribution >= 4 is 17.9 Å². The van der Waals surface area contributed by atoms with Crippen molar-refractivity contribution in [1.29, 1.82) is 0 Å². The first kappa shape index (κ1) is 21.5. The van der Waals surface area contributed by atoms with Crippen molar-refractivity contribution in [3.05, 3.63) is 0 Å². The van der Waals surface area contributed by atoms with E-state index >= 15 is 0 Å². The summed E-state index contributed by atoms with van der Waals surface area (Å²) >= 11 is 0. The molecule has 144 valence electrons. The number of carbonyl (C=O) groups excluding carboxylic acids is 3. The fourth-order valence-electron chi connectivity index (χ4n) is 3.23. The Bertz CT molecular complexity index is 511. The maximum absolute atomic E-state index is 13.2. The molecule has 0 saturated carbocycles. The summed E-state index contributed by atoms with van der Waals surface area (Å²) in [5, 5.41) is 0. The highest BCUT2D eigenvalue weighted by molar-refractivity contribution is 5.87. The average molecular weight is 356 g/mol. The number of ether oxygens (including phenoxy) is 3. The van der Waals surface area contributed by atoms with E-state index in [4.69, 9.17) is 14.2 Å². The van der Waals surface area contributed by atoms with E-state index in [1.54, 1.807) is 6.92 Å². The molecule has 0 aromatic rings. The van der Waals surface area contributed by atoms with Crippen LogP contribution in [0.3, 0.4) is 0 Å². The highest BCUT2D eigenvalue weighted by Gasteiger charge is 2.54. The molecule has 0 aliphatic carbocycles. The van der Waals surface area contributed by atoms with Crippen LogP contribution in [0.4, 0.5) is 0 Å². The van der Waals surface area contributed by atoms with Crippen molar-refractivity contribution < 1.29 is 28.6 Å². The normalized spacial score (nSPS) is 20.6. The van der Waals surface area contributed by atoms with Gasteiger partial charge in [0.05, 0.1) is 25.0 Å². The third-order valence-corrected chi connectivity index (χ3v) is 4.55. The maximum atomic E-state index is 13.2. The summed E-state index contributed by atoms with van der Waals surface area (Å²) in [6.45, 7) is 14.0. The van der Waals surface area contributed by atoms with Gasteiger partial charge in [0.2, 0.25) is 6.10 Å². The summed E-state index contributed by atoms with van der Waals surface area (Å²) < 4.78 is 15.5. The maximum Gasteiger partial charge on any atom is 0.347 e. The summed E-state index contributed by atoms with van der Waals surface area (Å²) in [6.07, 6.45) is -0.193. The van der Waals surface area contributed by atoms with E-state index in [0.717, 1.165) is 0 Å². The lowest BCUT2D eigenvalue weighted by Crippen LogP contribution is -2.49. The van der Waals surface area contributed by atoms with Crippen LogP contribution >= 0.6 is 0 Å². The van der Waals surface area contributed by atoms with E-state index in [1.807, 2.05) is 41.5 Å². The Hall–Kier alpha value is -1.59. The van der Waals surface area contributed by atoms with E-state index < -0.39 is 34.8 Å². The van der Waals surface area contributed by atoms with Crippen molar-refractivity contribution in [2.24, 2.45) is 16.2 Å². The lowest BCUT2D eigenvalue weighted by atomic mass is 9.58. The van der Waals surface area contributed by atoms with Gasteiger partial charge in [-0.15, -0.1) is 0 Å². The van der Waals surface area contributed by atoms with Gasteiger partial charge in [-0.05, 0) is 24.2 Å².